The van der Waals surface area contributed by atoms with Crippen LogP contribution in [0.15, 0.2) is 0 Å². The van der Waals surface area contributed by atoms with Gasteiger partial charge in [-0.25, -0.2) is 0 Å². The zero-order chi connectivity index (χ0) is 5.12. The van der Waals surface area contributed by atoms with Crippen molar-refractivity contribution in [1.82, 2.24) is 0 Å². The van der Waals surface area contributed by atoms with E-state index in [4.69, 9.17) is 0 Å². The third-order valence-electron chi connectivity index (χ3n) is 1.90. The molecule has 2 bridgehead atoms. The summed E-state index contributed by atoms with van der Waals surface area (Å²) in [4.78, 5) is 0. The Morgan fingerprint density at radius 2 is 1.71 bits per heavy atom. The largest absolute Gasteiger partial charge is 0.0852 e. The number of hydrogen-bond acceptors (Lipinski definition) is 0. The molecular formula is C5H6BrI. The van der Waals surface area contributed by atoms with Gasteiger partial charge in [0, 0.05) is 7.75 Å². The summed E-state index contributed by atoms with van der Waals surface area (Å²) in [6, 6.07) is 0. The monoisotopic (exact) mass is 272 g/mol. The Kier molecular flexibility index (Phi) is 0.761. The summed E-state index contributed by atoms with van der Waals surface area (Å²) in [5, 5.41) is 0. The molecule has 0 unspecified atom stereocenters. The van der Waals surface area contributed by atoms with Crippen LogP contribution < -0.4 is 0 Å². The van der Waals surface area contributed by atoms with E-state index < -0.39 is 0 Å². The molecule has 2 heteroatoms. The first-order valence-electron chi connectivity index (χ1n) is 2.50. The summed E-state index contributed by atoms with van der Waals surface area (Å²) in [6.07, 6.45) is 4.25. The van der Waals surface area contributed by atoms with Crippen LogP contribution in [0.5, 0.6) is 0 Å². The highest BCUT2D eigenvalue weighted by molar-refractivity contribution is 14.1. The molecule has 3 saturated carbocycles. The Labute approximate surface area is 65.3 Å². The van der Waals surface area contributed by atoms with Gasteiger partial charge in [-0.15, -0.1) is 0 Å². The Balaban J connectivity index is 2.16. The van der Waals surface area contributed by atoms with Crippen LogP contribution in [-0.4, -0.2) is 7.75 Å². The predicted octanol–water partition coefficient (Wildman–Crippen LogP) is 2.49. The fraction of sp³-hybridized carbons (Fsp3) is 1.00. The quantitative estimate of drug-likeness (QED) is 0.470. The molecule has 3 aliphatic rings. The second-order valence-electron chi connectivity index (χ2n) is 2.83. The molecule has 0 radical (unpaired) electrons. The molecule has 0 spiro atoms. The predicted molar refractivity (Wildman–Crippen MR) is 42.3 cm³/mol. The Hall–Kier alpha value is 1.21. The van der Waals surface area contributed by atoms with Gasteiger partial charge in [-0.3, -0.25) is 0 Å². The van der Waals surface area contributed by atoms with E-state index in [1.807, 2.05) is 0 Å². The fourth-order valence-electron chi connectivity index (χ4n) is 1.55. The maximum Gasteiger partial charge on any atom is 0.0296 e. The lowest BCUT2D eigenvalue weighted by Gasteiger charge is -2.65. The van der Waals surface area contributed by atoms with Crippen molar-refractivity contribution in [3.8, 4) is 0 Å². The molecule has 0 N–H and O–H groups in total. The van der Waals surface area contributed by atoms with Crippen LogP contribution in [0.1, 0.15) is 19.3 Å². The Morgan fingerprint density at radius 3 is 1.71 bits per heavy atom. The molecule has 3 aliphatic carbocycles. The van der Waals surface area contributed by atoms with Gasteiger partial charge in [-0.1, -0.05) is 38.5 Å². The first kappa shape index (κ1) is 5.03. The first-order valence-corrected chi connectivity index (χ1v) is 4.37. The highest BCUT2D eigenvalue weighted by atomic mass is 127. The molecule has 0 aliphatic heterocycles. The highest BCUT2D eigenvalue weighted by Gasteiger charge is 2.65. The molecule has 0 saturated heterocycles. The SMILES string of the molecule is BrC12CC(I)(C1)C2. The smallest absolute Gasteiger partial charge is 0.0296 e. The van der Waals surface area contributed by atoms with Crippen molar-refractivity contribution in [3.63, 3.8) is 0 Å². The van der Waals surface area contributed by atoms with Crippen molar-refractivity contribution in [3.05, 3.63) is 0 Å². The van der Waals surface area contributed by atoms with E-state index in [-0.39, 0.29) is 0 Å². The van der Waals surface area contributed by atoms with Crippen LogP contribution in [0.3, 0.4) is 0 Å². The van der Waals surface area contributed by atoms with Crippen molar-refractivity contribution < 1.29 is 0 Å². The summed E-state index contributed by atoms with van der Waals surface area (Å²) in [5.41, 5.74) is 0. The highest BCUT2D eigenvalue weighted by Crippen LogP contribution is 2.70. The first-order chi connectivity index (χ1) is 3.12. The Bertz CT molecular complexity index is 89.5. The van der Waals surface area contributed by atoms with E-state index in [9.17, 15) is 0 Å². The van der Waals surface area contributed by atoms with Gasteiger partial charge in [0.05, 0.1) is 0 Å². The van der Waals surface area contributed by atoms with Crippen LogP contribution in [-0.2, 0) is 0 Å². The minimum atomic E-state index is 0.633. The molecule has 7 heavy (non-hydrogen) atoms. The molecule has 0 aromatic rings. The molecule has 0 aromatic carbocycles. The van der Waals surface area contributed by atoms with Crippen molar-refractivity contribution >= 4 is 38.5 Å². The number of rotatable bonds is 0. The van der Waals surface area contributed by atoms with Gasteiger partial charge in [0.2, 0.25) is 0 Å². The molecule has 40 valence electrons. The van der Waals surface area contributed by atoms with Crippen molar-refractivity contribution in [2.24, 2.45) is 0 Å². The van der Waals surface area contributed by atoms with Gasteiger partial charge in [-0.2, -0.15) is 0 Å². The van der Waals surface area contributed by atoms with Crippen LogP contribution in [0.2, 0.25) is 0 Å². The standard InChI is InChI=1S/C5H6BrI/c6-4-1-5(7,2-4)3-4/h1-3H2. The minimum absolute atomic E-state index is 0.633. The van der Waals surface area contributed by atoms with Crippen LogP contribution in [0.4, 0.5) is 0 Å². The normalized spacial score (nSPS) is 66.0. The van der Waals surface area contributed by atoms with Gasteiger partial charge >= 0.3 is 0 Å². The lowest BCUT2D eigenvalue weighted by Crippen LogP contribution is -2.64. The maximum atomic E-state index is 3.66. The average molecular weight is 273 g/mol. The number of halogens is 2. The zero-order valence-electron chi connectivity index (χ0n) is 3.88. The van der Waals surface area contributed by atoms with Gasteiger partial charge in [0.25, 0.3) is 0 Å². The summed E-state index contributed by atoms with van der Waals surface area (Å²) in [6.45, 7) is 0. The molecule has 3 fully saturated rings. The van der Waals surface area contributed by atoms with Crippen LogP contribution in [0, 0.1) is 0 Å². The van der Waals surface area contributed by atoms with Gasteiger partial charge < -0.3 is 0 Å². The van der Waals surface area contributed by atoms with Gasteiger partial charge in [-0.05, 0) is 19.3 Å². The van der Waals surface area contributed by atoms with Gasteiger partial charge in [0.15, 0.2) is 0 Å². The second-order valence-corrected chi connectivity index (χ2v) is 6.80. The van der Waals surface area contributed by atoms with Crippen molar-refractivity contribution in [1.29, 1.82) is 0 Å². The third kappa shape index (κ3) is 0.530. The summed E-state index contributed by atoms with van der Waals surface area (Å²) >= 11 is 6.23. The van der Waals surface area contributed by atoms with Crippen LogP contribution >= 0.6 is 38.5 Å². The second kappa shape index (κ2) is 1.06. The molecule has 3 rings (SSSR count). The molecule has 0 atom stereocenters. The maximum absolute atomic E-state index is 3.66. The summed E-state index contributed by atoms with van der Waals surface area (Å²) in [5.74, 6) is 0. The van der Waals surface area contributed by atoms with Gasteiger partial charge in [0.1, 0.15) is 0 Å². The minimum Gasteiger partial charge on any atom is -0.0852 e. The third-order valence-corrected chi connectivity index (χ3v) is 3.89. The number of alkyl halides is 2. The molecule has 0 amide bonds. The van der Waals surface area contributed by atoms with E-state index >= 15 is 0 Å². The van der Waals surface area contributed by atoms with Crippen molar-refractivity contribution in [2.75, 3.05) is 0 Å². The zero-order valence-corrected chi connectivity index (χ0v) is 7.62. The van der Waals surface area contributed by atoms with E-state index in [0.29, 0.717) is 4.32 Å². The lowest BCUT2D eigenvalue weighted by atomic mass is 9.56. The van der Waals surface area contributed by atoms with Crippen LogP contribution in [0.25, 0.3) is 0 Å². The van der Waals surface area contributed by atoms with E-state index in [0.717, 1.165) is 3.42 Å². The molecular weight excluding hydrogens is 267 g/mol. The van der Waals surface area contributed by atoms with Crippen molar-refractivity contribution in [2.45, 2.75) is 27.0 Å². The lowest BCUT2D eigenvalue weighted by molar-refractivity contribution is 0.122. The molecule has 0 nitrogen and oxygen atoms in total. The van der Waals surface area contributed by atoms with E-state index in [1.165, 1.54) is 19.3 Å². The fourth-order valence-corrected chi connectivity index (χ4v) is 6.92. The topological polar surface area (TPSA) is 0 Å². The summed E-state index contributed by atoms with van der Waals surface area (Å²) < 4.78 is 1.38. The Morgan fingerprint density at radius 1 is 1.29 bits per heavy atom. The molecule has 0 aromatic heterocycles. The van der Waals surface area contributed by atoms with E-state index in [2.05, 4.69) is 38.5 Å². The average Bonchev–Trinajstić information content (AvgIpc) is 1.27. The van der Waals surface area contributed by atoms with E-state index in [1.54, 1.807) is 0 Å². The molecule has 0 heterocycles. The number of hydrogen-bond donors (Lipinski definition) is 0. The summed E-state index contributed by atoms with van der Waals surface area (Å²) in [7, 11) is 0.